The summed E-state index contributed by atoms with van der Waals surface area (Å²) in [6.45, 7) is 4.17. The number of hydrogen-bond acceptors (Lipinski definition) is 5. The molecule has 1 N–H and O–H groups in total. The number of hydrogen-bond donors (Lipinski definition) is 1. The van der Waals surface area contributed by atoms with Crippen molar-refractivity contribution in [2.75, 3.05) is 7.11 Å². The van der Waals surface area contributed by atoms with Crippen LogP contribution < -0.4 is 9.47 Å². The fourth-order valence-electron chi connectivity index (χ4n) is 2.57. The van der Waals surface area contributed by atoms with Gasteiger partial charge < -0.3 is 9.47 Å². The Labute approximate surface area is 162 Å². The maximum atomic E-state index is 6.03. The molecule has 6 nitrogen and oxygen atoms in total. The molecule has 0 unspecified atom stereocenters. The molecule has 0 bridgehead atoms. The monoisotopic (exact) mass is 380 g/mol. The Kier molecular flexibility index (Phi) is 6.17. The highest BCUT2D eigenvalue weighted by molar-refractivity contribution is 7.71. The number of aromatic nitrogens is 3. The molecule has 0 aliphatic heterocycles. The molecule has 3 rings (SSSR count). The SMILES string of the molecule is C=CCc1ccccc1OCc1cc(/C=N/n2cn[nH]c2=S)ccc1OC. The lowest BCUT2D eigenvalue weighted by Crippen LogP contribution is -2.02. The Bertz CT molecular complexity index is 1010. The lowest BCUT2D eigenvalue weighted by Gasteiger charge is -2.13. The molecule has 0 aliphatic rings. The second kappa shape index (κ2) is 8.95. The van der Waals surface area contributed by atoms with Crippen LogP contribution in [0.4, 0.5) is 0 Å². The third-order valence-corrected chi connectivity index (χ3v) is 4.17. The second-order valence-electron chi connectivity index (χ2n) is 5.71. The molecule has 0 radical (unpaired) electrons. The maximum absolute atomic E-state index is 6.03. The summed E-state index contributed by atoms with van der Waals surface area (Å²) < 4.78 is 13.4. The summed E-state index contributed by atoms with van der Waals surface area (Å²) in [4.78, 5) is 0. The molecule has 1 heterocycles. The van der Waals surface area contributed by atoms with Gasteiger partial charge in [0.1, 0.15) is 24.4 Å². The van der Waals surface area contributed by atoms with Gasteiger partial charge in [0.15, 0.2) is 0 Å². The number of benzene rings is 2. The minimum Gasteiger partial charge on any atom is -0.496 e. The zero-order valence-corrected chi connectivity index (χ0v) is 15.8. The van der Waals surface area contributed by atoms with Crippen LogP contribution in [0, 0.1) is 4.77 Å². The molecule has 3 aromatic rings. The van der Waals surface area contributed by atoms with E-state index >= 15 is 0 Å². The van der Waals surface area contributed by atoms with E-state index in [0.717, 1.165) is 34.6 Å². The Morgan fingerprint density at radius 1 is 1.22 bits per heavy atom. The maximum Gasteiger partial charge on any atom is 0.216 e. The molecule has 0 amide bonds. The second-order valence-corrected chi connectivity index (χ2v) is 6.10. The number of H-pyrrole nitrogens is 1. The van der Waals surface area contributed by atoms with Gasteiger partial charge in [-0.2, -0.15) is 14.9 Å². The average Bonchev–Trinajstić information content (AvgIpc) is 3.11. The van der Waals surface area contributed by atoms with Gasteiger partial charge in [-0.15, -0.1) is 6.58 Å². The van der Waals surface area contributed by atoms with Crippen LogP contribution in [0.5, 0.6) is 11.5 Å². The predicted molar refractivity (Wildman–Crippen MR) is 108 cm³/mol. The number of ether oxygens (including phenoxy) is 2. The van der Waals surface area contributed by atoms with Gasteiger partial charge in [-0.25, -0.2) is 0 Å². The number of methoxy groups -OCH3 is 1. The van der Waals surface area contributed by atoms with E-state index in [1.54, 1.807) is 13.3 Å². The summed E-state index contributed by atoms with van der Waals surface area (Å²) >= 11 is 5.08. The number of allylic oxidation sites excluding steroid dienone is 1. The van der Waals surface area contributed by atoms with E-state index in [0.29, 0.717) is 11.4 Å². The minimum atomic E-state index is 0.379. The van der Waals surface area contributed by atoms with Gasteiger partial charge in [-0.05, 0) is 54.0 Å². The Balaban J connectivity index is 1.80. The van der Waals surface area contributed by atoms with Crippen molar-refractivity contribution in [3.05, 3.63) is 82.9 Å². The number of para-hydroxylation sites is 1. The Morgan fingerprint density at radius 3 is 2.81 bits per heavy atom. The molecule has 0 fully saturated rings. The van der Waals surface area contributed by atoms with Crippen LogP contribution in [-0.2, 0) is 13.0 Å². The summed E-state index contributed by atoms with van der Waals surface area (Å²) in [5.74, 6) is 1.59. The molecular weight excluding hydrogens is 360 g/mol. The van der Waals surface area contributed by atoms with E-state index in [1.807, 2.05) is 48.5 Å². The third kappa shape index (κ3) is 4.71. The van der Waals surface area contributed by atoms with Gasteiger partial charge in [0.2, 0.25) is 4.77 Å². The van der Waals surface area contributed by atoms with Gasteiger partial charge in [0, 0.05) is 5.56 Å². The van der Waals surface area contributed by atoms with Crippen LogP contribution in [0.2, 0.25) is 0 Å². The molecule has 0 saturated carbocycles. The molecule has 138 valence electrons. The van der Waals surface area contributed by atoms with Crippen molar-refractivity contribution in [3.63, 3.8) is 0 Å². The molecule has 0 atom stereocenters. The summed E-state index contributed by atoms with van der Waals surface area (Å²) in [6, 6.07) is 13.7. The van der Waals surface area contributed by atoms with Crippen LogP contribution in [0.25, 0.3) is 0 Å². The van der Waals surface area contributed by atoms with Crippen LogP contribution in [0.3, 0.4) is 0 Å². The summed E-state index contributed by atoms with van der Waals surface area (Å²) in [6.07, 6.45) is 5.84. The Hall–Kier alpha value is -3.19. The van der Waals surface area contributed by atoms with E-state index in [1.165, 1.54) is 11.0 Å². The highest BCUT2D eigenvalue weighted by atomic mass is 32.1. The van der Waals surface area contributed by atoms with Crippen LogP contribution in [0.1, 0.15) is 16.7 Å². The predicted octanol–water partition coefficient (Wildman–Crippen LogP) is 4.14. The summed E-state index contributed by atoms with van der Waals surface area (Å²) in [7, 11) is 1.64. The topological polar surface area (TPSA) is 64.4 Å². The minimum absolute atomic E-state index is 0.379. The molecular formula is C20H20N4O2S. The quantitative estimate of drug-likeness (QED) is 0.362. The van der Waals surface area contributed by atoms with E-state index in [-0.39, 0.29) is 0 Å². The van der Waals surface area contributed by atoms with Crippen molar-refractivity contribution in [1.29, 1.82) is 0 Å². The number of nitrogens with one attached hydrogen (secondary N) is 1. The van der Waals surface area contributed by atoms with Gasteiger partial charge in [-0.3, -0.25) is 5.10 Å². The summed E-state index contributed by atoms with van der Waals surface area (Å²) in [5.41, 5.74) is 2.92. The van der Waals surface area contributed by atoms with E-state index in [2.05, 4.69) is 21.9 Å². The first-order chi connectivity index (χ1) is 13.2. The zero-order valence-electron chi connectivity index (χ0n) is 15.0. The smallest absolute Gasteiger partial charge is 0.216 e. The highest BCUT2D eigenvalue weighted by Crippen LogP contribution is 2.24. The normalized spacial score (nSPS) is 10.9. The third-order valence-electron chi connectivity index (χ3n) is 3.89. The Morgan fingerprint density at radius 2 is 2.07 bits per heavy atom. The van der Waals surface area contributed by atoms with Gasteiger partial charge in [0.05, 0.1) is 13.3 Å². The zero-order chi connectivity index (χ0) is 19.1. The van der Waals surface area contributed by atoms with Gasteiger partial charge >= 0.3 is 0 Å². The first kappa shape index (κ1) is 18.6. The molecule has 27 heavy (non-hydrogen) atoms. The van der Waals surface area contributed by atoms with Crippen molar-refractivity contribution in [1.82, 2.24) is 14.9 Å². The van der Waals surface area contributed by atoms with E-state index in [9.17, 15) is 0 Å². The number of nitrogens with zero attached hydrogens (tertiary/aromatic N) is 3. The number of aromatic amines is 1. The first-order valence-corrected chi connectivity index (χ1v) is 8.77. The highest BCUT2D eigenvalue weighted by Gasteiger charge is 2.07. The van der Waals surface area contributed by atoms with Crippen LogP contribution >= 0.6 is 12.2 Å². The lowest BCUT2D eigenvalue weighted by atomic mass is 10.1. The average molecular weight is 380 g/mol. The van der Waals surface area contributed by atoms with E-state index in [4.69, 9.17) is 21.7 Å². The molecule has 0 aliphatic carbocycles. The molecule has 7 heteroatoms. The fourth-order valence-corrected chi connectivity index (χ4v) is 2.72. The standard InChI is InChI=1S/C20H20N4O2S/c1-3-6-16-7-4-5-8-19(16)26-13-17-11-15(9-10-18(17)25-2)12-22-24-14-21-23-20(24)27/h3-5,7-12,14H,1,6,13H2,2H3,(H,23,27)/b22-12+. The van der Waals surface area contributed by atoms with Crippen LogP contribution in [-0.4, -0.2) is 28.2 Å². The van der Waals surface area contributed by atoms with E-state index < -0.39 is 0 Å². The van der Waals surface area contributed by atoms with Crippen molar-refractivity contribution in [3.8, 4) is 11.5 Å². The first-order valence-electron chi connectivity index (χ1n) is 8.36. The summed E-state index contributed by atoms with van der Waals surface area (Å²) in [5, 5.41) is 10.8. The van der Waals surface area contributed by atoms with Crippen molar-refractivity contribution in [2.24, 2.45) is 5.10 Å². The van der Waals surface area contributed by atoms with Gasteiger partial charge in [0.25, 0.3) is 0 Å². The molecule has 0 spiro atoms. The van der Waals surface area contributed by atoms with Crippen molar-refractivity contribution < 1.29 is 9.47 Å². The van der Waals surface area contributed by atoms with Crippen molar-refractivity contribution >= 4 is 18.4 Å². The lowest BCUT2D eigenvalue weighted by molar-refractivity contribution is 0.294. The van der Waals surface area contributed by atoms with Gasteiger partial charge in [-0.1, -0.05) is 24.3 Å². The van der Waals surface area contributed by atoms with Crippen molar-refractivity contribution in [2.45, 2.75) is 13.0 Å². The molecule has 2 aromatic carbocycles. The number of rotatable bonds is 8. The molecule has 1 aromatic heterocycles. The van der Waals surface area contributed by atoms with Crippen LogP contribution in [0.15, 0.2) is 66.5 Å². The molecule has 0 saturated heterocycles. The largest absolute Gasteiger partial charge is 0.496 e. The fraction of sp³-hybridized carbons (Fsp3) is 0.150.